The minimum absolute atomic E-state index is 0.0237. The molecule has 6 heteroatoms. The van der Waals surface area contributed by atoms with Crippen LogP contribution in [-0.2, 0) is 11.2 Å². The molecule has 0 radical (unpaired) electrons. The average molecular weight is 324 g/mol. The molecule has 1 aliphatic carbocycles. The SMILES string of the molecule is O=C(NC1CCCc2cc(OC(F)F)ccc21)C1CCCNC1. The standard InChI is InChI=1S/C17H22F2N2O2/c18-17(19)23-13-6-7-14-11(9-13)3-1-5-15(14)21-16(22)12-4-2-8-20-10-12/h6-7,9,12,15,17,20H,1-5,8,10H2,(H,21,22). The molecule has 2 atom stereocenters. The molecule has 2 unspecified atom stereocenters. The van der Waals surface area contributed by atoms with Crippen LogP contribution in [0.25, 0.3) is 0 Å². The summed E-state index contributed by atoms with van der Waals surface area (Å²) in [6.45, 7) is -1.11. The Labute approximate surface area is 134 Å². The Bertz CT molecular complexity index is 560. The van der Waals surface area contributed by atoms with Crippen molar-refractivity contribution in [2.24, 2.45) is 5.92 Å². The quantitative estimate of drug-likeness (QED) is 0.895. The molecule has 2 N–H and O–H groups in total. The van der Waals surface area contributed by atoms with Crippen LogP contribution in [0.2, 0.25) is 0 Å². The second-order valence-corrected chi connectivity index (χ2v) is 6.24. The van der Waals surface area contributed by atoms with Crippen molar-refractivity contribution >= 4 is 5.91 Å². The van der Waals surface area contributed by atoms with E-state index >= 15 is 0 Å². The number of halogens is 2. The number of aryl methyl sites for hydroxylation is 1. The maximum absolute atomic E-state index is 12.4. The number of nitrogens with one attached hydrogen (secondary N) is 2. The molecule has 2 aliphatic rings. The summed E-state index contributed by atoms with van der Waals surface area (Å²) in [6.07, 6.45) is 4.58. The van der Waals surface area contributed by atoms with Gasteiger partial charge in [-0.15, -0.1) is 0 Å². The Morgan fingerprint density at radius 1 is 1.30 bits per heavy atom. The van der Waals surface area contributed by atoms with Crippen LogP contribution in [0, 0.1) is 5.92 Å². The highest BCUT2D eigenvalue weighted by atomic mass is 19.3. The Balaban J connectivity index is 1.69. The number of rotatable bonds is 4. The molecule has 0 saturated carbocycles. The molecule has 126 valence electrons. The van der Waals surface area contributed by atoms with Gasteiger partial charge >= 0.3 is 6.61 Å². The van der Waals surface area contributed by atoms with E-state index in [1.807, 2.05) is 0 Å². The van der Waals surface area contributed by atoms with Crippen LogP contribution in [0.15, 0.2) is 18.2 Å². The number of amides is 1. The lowest BCUT2D eigenvalue weighted by Crippen LogP contribution is -2.42. The number of benzene rings is 1. The summed E-state index contributed by atoms with van der Waals surface area (Å²) >= 11 is 0. The Morgan fingerprint density at radius 2 is 2.17 bits per heavy atom. The lowest BCUT2D eigenvalue weighted by molar-refractivity contribution is -0.126. The van der Waals surface area contributed by atoms with Crippen molar-refractivity contribution in [2.45, 2.75) is 44.8 Å². The van der Waals surface area contributed by atoms with Crippen molar-refractivity contribution in [3.8, 4) is 5.75 Å². The summed E-state index contributed by atoms with van der Waals surface area (Å²) in [6, 6.07) is 4.99. The Hall–Kier alpha value is -1.69. The molecule has 0 aromatic heterocycles. The molecule has 1 amide bonds. The van der Waals surface area contributed by atoms with Crippen LogP contribution < -0.4 is 15.4 Å². The Morgan fingerprint density at radius 3 is 2.91 bits per heavy atom. The number of ether oxygens (including phenoxy) is 1. The van der Waals surface area contributed by atoms with E-state index in [9.17, 15) is 13.6 Å². The number of carbonyl (C=O) groups excluding carboxylic acids is 1. The first-order chi connectivity index (χ1) is 11.1. The van der Waals surface area contributed by atoms with Crippen LogP contribution in [0.5, 0.6) is 5.75 Å². The van der Waals surface area contributed by atoms with Gasteiger partial charge in [-0.05, 0) is 61.9 Å². The smallest absolute Gasteiger partial charge is 0.387 e. The molecule has 23 heavy (non-hydrogen) atoms. The van der Waals surface area contributed by atoms with Gasteiger partial charge in [0.1, 0.15) is 5.75 Å². The first kappa shape index (κ1) is 16.2. The number of hydrogen-bond acceptors (Lipinski definition) is 3. The van der Waals surface area contributed by atoms with E-state index in [1.54, 1.807) is 18.2 Å². The number of alkyl halides is 2. The van der Waals surface area contributed by atoms with Crippen molar-refractivity contribution < 1.29 is 18.3 Å². The highest BCUT2D eigenvalue weighted by Gasteiger charge is 2.27. The topological polar surface area (TPSA) is 50.4 Å². The average Bonchev–Trinajstić information content (AvgIpc) is 2.55. The van der Waals surface area contributed by atoms with Crippen LogP contribution in [0.1, 0.15) is 42.9 Å². The molecule has 3 rings (SSSR count). The van der Waals surface area contributed by atoms with Gasteiger partial charge < -0.3 is 15.4 Å². The highest BCUT2D eigenvalue weighted by Crippen LogP contribution is 2.33. The third kappa shape index (κ3) is 3.99. The zero-order valence-electron chi connectivity index (χ0n) is 13.0. The fourth-order valence-electron chi connectivity index (χ4n) is 3.48. The van der Waals surface area contributed by atoms with Gasteiger partial charge in [0.2, 0.25) is 5.91 Å². The van der Waals surface area contributed by atoms with Crippen molar-refractivity contribution in [3.63, 3.8) is 0 Å². The molecule has 4 nitrogen and oxygen atoms in total. The predicted octanol–water partition coefficient (Wildman–Crippen LogP) is 2.78. The number of piperidine rings is 1. The van der Waals surface area contributed by atoms with Gasteiger partial charge in [0.15, 0.2) is 0 Å². The zero-order chi connectivity index (χ0) is 16.2. The van der Waals surface area contributed by atoms with Crippen molar-refractivity contribution in [2.75, 3.05) is 13.1 Å². The summed E-state index contributed by atoms with van der Waals surface area (Å²) in [5.74, 6) is 0.292. The van der Waals surface area contributed by atoms with E-state index in [0.717, 1.165) is 56.3 Å². The van der Waals surface area contributed by atoms with E-state index in [0.29, 0.717) is 0 Å². The monoisotopic (exact) mass is 324 g/mol. The van der Waals surface area contributed by atoms with Crippen LogP contribution in [-0.4, -0.2) is 25.6 Å². The molecule has 1 aromatic carbocycles. The van der Waals surface area contributed by atoms with Crippen molar-refractivity contribution in [3.05, 3.63) is 29.3 Å². The molecular formula is C17H22F2N2O2. The maximum atomic E-state index is 12.4. The summed E-state index contributed by atoms with van der Waals surface area (Å²) in [5, 5.41) is 6.39. The van der Waals surface area contributed by atoms with Gasteiger partial charge in [0.25, 0.3) is 0 Å². The van der Waals surface area contributed by atoms with Crippen LogP contribution in [0.4, 0.5) is 8.78 Å². The lowest BCUT2D eigenvalue weighted by atomic mass is 9.87. The van der Waals surface area contributed by atoms with Gasteiger partial charge in [0, 0.05) is 6.54 Å². The Kier molecular flexibility index (Phi) is 5.10. The first-order valence-corrected chi connectivity index (χ1v) is 8.22. The van der Waals surface area contributed by atoms with E-state index in [2.05, 4.69) is 15.4 Å². The van der Waals surface area contributed by atoms with Crippen LogP contribution in [0.3, 0.4) is 0 Å². The molecule has 1 heterocycles. The van der Waals surface area contributed by atoms with Gasteiger partial charge in [-0.3, -0.25) is 4.79 Å². The summed E-state index contributed by atoms with van der Waals surface area (Å²) in [5.41, 5.74) is 2.01. The lowest BCUT2D eigenvalue weighted by Gasteiger charge is -2.29. The fraction of sp³-hybridized carbons (Fsp3) is 0.588. The molecule has 0 bridgehead atoms. The summed E-state index contributed by atoms with van der Waals surface area (Å²) in [4.78, 5) is 12.4. The summed E-state index contributed by atoms with van der Waals surface area (Å²) < 4.78 is 29.1. The van der Waals surface area contributed by atoms with Gasteiger partial charge in [0.05, 0.1) is 12.0 Å². The third-order valence-electron chi connectivity index (χ3n) is 4.64. The largest absolute Gasteiger partial charge is 0.435 e. The molecule has 1 aromatic rings. The third-order valence-corrected chi connectivity index (χ3v) is 4.64. The molecule has 0 spiro atoms. The number of fused-ring (bicyclic) bond motifs is 1. The zero-order valence-corrected chi connectivity index (χ0v) is 13.0. The molecule has 1 fully saturated rings. The number of carbonyl (C=O) groups is 1. The van der Waals surface area contributed by atoms with Gasteiger partial charge in [-0.25, -0.2) is 0 Å². The normalized spacial score (nSPS) is 24.1. The van der Waals surface area contributed by atoms with Crippen molar-refractivity contribution in [1.29, 1.82) is 0 Å². The second kappa shape index (κ2) is 7.25. The molecule has 1 saturated heterocycles. The minimum Gasteiger partial charge on any atom is -0.435 e. The minimum atomic E-state index is -2.81. The van der Waals surface area contributed by atoms with Crippen LogP contribution >= 0.6 is 0 Å². The predicted molar refractivity (Wildman–Crippen MR) is 82.5 cm³/mol. The first-order valence-electron chi connectivity index (χ1n) is 8.22. The van der Waals surface area contributed by atoms with E-state index in [4.69, 9.17) is 0 Å². The fourth-order valence-corrected chi connectivity index (χ4v) is 3.48. The molecular weight excluding hydrogens is 302 g/mol. The highest BCUT2D eigenvalue weighted by molar-refractivity contribution is 5.79. The van der Waals surface area contributed by atoms with E-state index in [-0.39, 0.29) is 23.6 Å². The van der Waals surface area contributed by atoms with Gasteiger partial charge in [-0.2, -0.15) is 8.78 Å². The summed E-state index contributed by atoms with van der Waals surface area (Å²) in [7, 11) is 0. The van der Waals surface area contributed by atoms with E-state index < -0.39 is 6.61 Å². The maximum Gasteiger partial charge on any atom is 0.387 e. The van der Waals surface area contributed by atoms with E-state index in [1.165, 1.54) is 0 Å². The second-order valence-electron chi connectivity index (χ2n) is 6.24. The van der Waals surface area contributed by atoms with Gasteiger partial charge in [-0.1, -0.05) is 6.07 Å². The number of hydrogen-bond donors (Lipinski definition) is 2. The van der Waals surface area contributed by atoms with Crippen molar-refractivity contribution in [1.82, 2.24) is 10.6 Å². The molecule has 1 aliphatic heterocycles.